The minimum Gasteiger partial charge on any atom is -0.392 e. The van der Waals surface area contributed by atoms with E-state index in [0.717, 1.165) is 42.0 Å². The van der Waals surface area contributed by atoms with Crippen molar-refractivity contribution in [3.05, 3.63) is 82.6 Å². The van der Waals surface area contributed by atoms with Crippen LogP contribution in [0.15, 0.2) is 71.5 Å². The van der Waals surface area contributed by atoms with Crippen molar-refractivity contribution in [3.63, 3.8) is 0 Å². The zero-order valence-electron chi connectivity index (χ0n) is 20.7. The Balaban J connectivity index is 1.20. The molecule has 4 aromatic heterocycles. The van der Waals surface area contributed by atoms with E-state index in [1.165, 1.54) is 11.3 Å². The quantitative estimate of drug-likeness (QED) is 0.269. The first-order valence-electron chi connectivity index (χ1n) is 12.4. The Hall–Kier alpha value is -4.33. The van der Waals surface area contributed by atoms with Crippen molar-refractivity contribution < 1.29 is 14.1 Å². The number of pyridine rings is 1. The number of thiophene rings is 1. The van der Waals surface area contributed by atoms with Crippen LogP contribution < -0.4 is 15.0 Å². The van der Waals surface area contributed by atoms with Crippen molar-refractivity contribution in [2.45, 2.75) is 25.4 Å². The molecule has 1 saturated heterocycles. The predicted molar refractivity (Wildman–Crippen MR) is 149 cm³/mol. The average Bonchev–Trinajstić information content (AvgIpc) is 3.68. The lowest BCUT2D eigenvalue weighted by Crippen LogP contribution is -2.45. The summed E-state index contributed by atoms with van der Waals surface area (Å²) in [5, 5.41) is 17.9. The van der Waals surface area contributed by atoms with Gasteiger partial charge in [-0.15, -0.1) is 11.3 Å². The maximum Gasteiger partial charge on any atom is 0.414 e. The molecule has 1 amide bonds. The number of para-hydroxylation sites is 1. The second-order valence-corrected chi connectivity index (χ2v) is 10.9. The summed E-state index contributed by atoms with van der Waals surface area (Å²) in [6, 6.07) is 19.1. The summed E-state index contributed by atoms with van der Waals surface area (Å²) in [7, 11) is 0. The number of nitrogens with zero attached hydrogens (tertiary/aromatic N) is 5. The number of nitriles is 1. The summed E-state index contributed by atoms with van der Waals surface area (Å²) >= 11 is 7.46. The van der Waals surface area contributed by atoms with Crippen LogP contribution in [0, 0.1) is 11.3 Å². The highest BCUT2D eigenvalue weighted by molar-refractivity contribution is 7.19. The summed E-state index contributed by atoms with van der Waals surface area (Å²) in [5.41, 5.74) is 2.79. The lowest BCUT2D eigenvalue weighted by Gasteiger charge is -2.33. The first-order chi connectivity index (χ1) is 19.1. The first kappa shape index (κ1) is 25.0. The van der Waals surface area contributed by atoms with E-state index in [1.807, 2.05) is 48.5 Å². The number of rotatable bonds is 6. The van der Waals surface area contributed by atoms with Gasteiger partial charge in [-0.25, -0.2) is 4.79 Å². The fourth-order valence-electron chi connectivity index (χ4n) is 4.88. The lowest BCUT2D eigenvalue weighted by molar-refractivity contribution is 0.190. The van der Waals surface area contributed by atoms with Crippen molar-refractivity contribution in [1.82, 2.24) is 20.0 Å². The summed E-state index contributed by atoms with van der Waals surface area (Å²) in [4.78, 5) is 20.3. The maximum atomic E-state index is 13.1. The van der Waals surface area contributed by atoms with Crippen LogP contribution in [0.3, 0.4) is 0 Å². The van der Waals surface area contributed by atoms with E-state index in [4.69, 9.17) is 20.9 Å². The van der Waals surface area contributed by atoms with Gasteiger partial charge in [-0.2, -0.15) is 5.26 Å². The van der Waals surface area contributed by atoms with Gasteiger partial charge in [-0.05, 0) is 43.2 Å². The summed E-state index contributed by atoms with van der Waals surface area (Å²) in [6.07, 6.45) is 4.52. The molecule has 0 unspecified atom stereocenters. The molecule has 0 spiro atoms. The molecule has 1 N–H and O–H groups in total. The topological polar surface area (TPSA) is 109 Å². The Kier molecular flexibility index (Phi) is 6.92. The molecule has 0 saturated carbocycles. The number of hydrogen-bond acceptors (Lipinski definition) is 8. The number of amides is 1. The van der Waals surface area contributed by atoms with Crippen molar-refractivity contribution in [1.29, 1.82) is 5.26 Å². The van der Waals surface area contributed by atoms with Gasteiger partial charge in [0.25, 0.3) is 0 Å². The Labute approximate surface area is 233 Å². The van der Waals surface area contributed by atoms with Gasteiger partial charge in [0.2, 0.25) is 5.88 Å². The van der Waals surface area contributed by atoms with Crippen LogP contribution in [0.2, 0.25) is 4.34 Å². The van der Waals surface area contributed by atoms with Gasteiger partial charge < -0.3 is 24.0 Å². The van der Waals surface area contributed by atoms with E-state index in [1.54, 1.807) is 23.0 Å². The van der Waals surface area contributed by atoms with E-state index >= 15 is 0 Å². The van der Waals surface area contributed by atoms with E-state index in [0.29, 0.717) is 26.7 Å². The number of benzene rings is 1. The van der Waals surface area contributed by atoms with Crippen LogP contribution in [-0.2, 0) is 6.54 Å². The number of ether oxygens (including phenoxy) is 1. The van der Waals surface area contributed by atoms with Crippen LogP contribution in [0.5, 0.6) is 5.88 Å². The summed E-state index contributed by atoms with van der Waals surface area (Å²) in [6.45, 7) is 1.86. The number of hydrogen-bond donors (Lipinski definition) is 1. The molecule has 196 valence electrons. The molecule has 1 aliphatic rings. The van der Waals surface area contributed by atoms with Crippen LogP contribution in [0.4, 0.5) is 10.5 Å². The Morgan fingerprint density at radius 2 is 1.97 bits per heavy atom. The fraction of sp³-hybridized carbons (Fsp3) is 0.214. The van der Waals surface area contributed by atoms with Crippen molar-refractivity contribution in [2.75, 3.05) is 18.0 Å². The summed E-state index contributed by atoms with van der Waals surface area (Å²) in [5.74, 6) is 0.770. The number of aromatic nitrogens is 3. The third kappa shape index (κ3) is 5.19. The number of halogens is 1. The van der Waals surface area contributed by atoms with Gasteiger partial charge in [0, 0.05) is 48.7 Å². The fourth-order valence-corrected chi connectivity index (χ4v) is 5.87. The molecule has 1 fully saturated rings. The molecule has 1 aliphatic heterocycles. The Bertz CT molecular complexity index is 1660. The van der Waals surface area contributed by atoms with Crippen LogP contribution in [0.1, 0.15) is 24.1 Å². The van der Waals surface area contributed by atoms with E-state index in [2.05, 4.69) is 26.4 Å². The number of carbonyl (C=O) groups excluding carboxylic acids is 1. The molecule has 5 aromatic rings. The molecule has 6 rings (SSSR count). The lowest BCUT2D eigenvalue weighted by atomic mass is 10.0. The Morgan fingerprint density at radius 1 is 1.18 bits per heavy atom. The second-order valence-electron chi connectivity index (χ2n) is 9.18. The largest absolute Gasteiger partial charge is 0.414 e. The number of fused-ring (bicyclic) bond motifs is 1. The predicted octanol–water partition coefficient (Wildman–Crippen LogP) is 6.08. The number of carbonyl (C=O) groups is 1. The van der Waals surface area contributed by atoms with Crippen molar-refractivity contribution in [2.24, 2.45) is 0 Å². The normalized spacial score (nSPS) is 13.9. The zero-order chi connectivity index (χ0) is 26.8. The number of anilines is 1. The van der Waals surface area contributed by atoms with E-state index in [9.17, 15) is 10.1 Å². The SMILES string of the molecule is N#Cc1c(OC(=O)NC2CCN(c3ccncc3)CC2)n(Cc2cc(-c3ccc(Cl)s3)on2)c2ccccc12. The molecular formula is C28H23ClN6O3S. The van der Waals surface area contributed by atoms with Crippen molar-refractivity contribution >= 4 is 45.6 Å². The van der Waals surface area contributed by atoms with Gasteiger partial charge in [0.05, 0.1) is 21.3 Å². The zero-order valence-corrected chi connectivity index (χ0v) is 22.3. The standard InChI is InChI=1S/C28H23ClN6O3S/c29-26-6-5-25(39-26)24-15-19(33-38-24)17-35-23-4-2-1-3-21(23)22(16-30)27(35)37-28(36)32-18-9-13-34(14-10-18)20-7-11-31-12-8-20/h1-8,11-12,15,18H,9-10,13-14,17H2,(H,32,36). The third-order valence-electron chi connectivity index (χ3n) is 6.76. The monoisotopic (exact) mass is 558 g/mol. The molecule has 0 radical (unpaired) electrons. The molecule has 0 aliphatic carbocycles. The minimum absolute atomic E-state index is 0.0327. The molecule has 11 heteroatoms. The molecule has 0 bridgehead atoms. The second kappa shape index (κ2) is 10.8. The van der Waals surface area contributed by atoms with Gasteiger partial charge in [-0.3, -0.25) is 4.98 Å². The first-order valence-corrected chi connectivity index (χ1v) is 13.6. The molecule has 1 aromatic carbocycles. The number of nitrogens with one attached hydrogen (secondary N) is 1. The highest BCUT2D eigenvalue weighted by Gasteiger charge is 2.25. The third-order valence-corrected chi connectivity index (χ3v) is 8.01. The van der Waals surface area contributed by atoms with E-state index < -0.39 is 6.09 Å². The van der Waals surface area contributed by atoms with Gasteiger partial charge >= 0.3 is 6.09 Å². The smallest absolute Gasteiger partial charge is 0.392 e. The minimum atomic E-state index is -0.591. The Morgan fingerprint density at radius 3 is 2.72 bits per heavy atom. The van der Waals surface area contributed by atoms with Crippen LogP contribution >= 0.6 is 22.9 Å². The molecule has 0 atom stereocenters. The molecule has 39 heavy (non-hydrogen) atoms. The molecular weight excluding hydrogens is 536 g/mol. The highest BCUT2D eigenvalue weighted by Crippen LogP contribution is 2.34. The van der Waals surface area contributed by atoms with Gasteiger partial charge in [-0.1, -0.05) is 35.0 Å². The van der Waals surface area contributed by atoms with Gasteiger partial charge in [0.15, 0.2) is 5.76 Å². The van der Waals surface area contributed by atoms with E-state index in [-0.39, 0.29) is 18.5 Å². The molecule has 5 heterocycles. The van der Waals surface area contributed by atoms with Crippen LogP contribution in [-0.4, -0.2) is 39.9 Å². The maximum absolute atomic E-state index is 13.1. The van der Waals surface area contributed by atoms with Crippen LogP contribution in [0.25, 0.3) is 21.5 Å². The van der Waals surface area contributed by atoms with Crippen molar-refractivity contribution in [3.8, 4) is 22.6 Å². The summed E-state index contributed by atoms with van der Waals surface area (Å²) < 4.78 is 13.8. The van der Waals surface area contributed by atoms with Gasteiger partial charge in [0.1, 0.15) is 17.3 Å². The molecule has 9 nitrogen and oxygen atoms in total. The average molecular weight is 559 g/mol. The number of piperidine rings is 1. The highest BCUT2D eigenvalue weighted by atomic mass is 35.5.